The maximum Gasteiger partial charge on any atom is 0.375 e. The van der Waals surface area contributed by atoms with Gasteiger partial charge in [-0.15, -0.1) is 0 Å². The molecular formula is C32H39F14P. The molecule has 3 unspecified atom stereocenters. The van der Waals surface area contributed by atoms with Gasteiger partial charge < -0.3 is 0 Å². The molecule has 15 heteroatoms. The second-order valence-corrected chi connectivity index (χ2v) is 12.8. The van der Waals surface area contributed by atoms with Gasteiger partial charge in [0, 0.05) is 12.0 Å². The molecule has 2 aromatic carbocycles. The summed E-state index contributed by atoms with van der Waals surface area (Å²) in [6.45, 7) is 7.75. The molecular weight excluding hydrogens is 681 g/mol. The molecule has 47 heavy (non-hydrogen) atoms. The molecule has 0 spiro atoms. The molecule has 0 saturated carbocycles. The second-order valence-electron chi connectivity index (χ2n) is 11.5. The fourth-order valence-electron chi connectivity index (χ4n) is 4.72. The van der Waals surface area contributed by atoms with Crippen LogP contribution in [0.15, 0.2) is 12.1 Å². The van der Waals surface area contributed by atoms with Crippen molar-refractivity contribution in [3.05, 3.63) is 58.7 Å². The van der Waals surface area contributed by atoms with Gasteiger partial charge in [-0.3, -0.25) is 0 Å². The van der Waals surface area contributed by atoms with Crippen molar-refractivity contribution in [1.29, 1.82) is 0 Å². The van der Waals surface area contributed by atoms with Gasteiger partial charge in [0.25, 0.3) is 0 Å². The van der Waals surface area contributed by atoms with E-state index in [4.69, 9.17) is 0 Å². The highest BCUT2D eigenvalue weighted by Crippen LogP contribution is 2.56. The summed E-state index contributed by atoms with van der Waals surface area (Å²) in [5, 5.41) is 0. The van der Waals surface area contributed by atoms with Gasteiger partial charge in [0.05, 0.1) is 5.56 Å². The highest BCUT2D eigenvalue weighted by atomic mass is 31.1. The summed E-state index contributed by atoms with van der Waals surface area (Å²) in [5.74, 6) is -27.2. The lowest BCUT2D eigenvalue weighted by molar-refractivity contribution is -0.280. The first-order valence-electron chi connectivity index (χ1n) is 15.3. The molecule has 0 amide bonds. The van der Waals surface area contributed by atoms with E-state index in [2.05, 4.69) is 13.8 Å². The Bertz CT molecular complexity index is 1250. The van der Waals surface area contributed by atoms with Crippen molar-refractivity contribution in [3.63, 3.8) is 0 Å². The lowest BCUT2D eigenvalue weighted by atomic mass is 9.92. The van der Waals surface area contributed by atoms with E-state index in [9.17, 15) is 61.5 Å². The summed E-state index contributed by atoms with van der Waals surface area (Å²) in [7, 11) is -1.49. The molecule has 3 atom stereocenters. The topological polar surface area (TPSA) is 0 Å². The largest absolute Gasteiger partial charge is 0.375 e. The Labute approximate surface area is 267 Å². The maximum absolute atomic E-state index is 14.0. The zero-order valence-electron chi connectivity index (χ0n) is 26.4. The second kappa shape index (κ2) is 18.6. The quantitative estimate of drug-likeness (QED) is 0.0502. The van der Waals surface area contributed by atoms with Crippen molar-refractivity contribution in [3.8, 4) is 11.1 Å². The third-order valence-corrected chi connectivity index (χ3v) is 9.39. The molecule has 0 bridgehead atoms. The van der Waals surface area contributed by atoms with E-state index < -0.39 is 90.2 Å². The van der Waals surface area contributed by atoms with Crippen molar-refractivity contribution in [2.45, 2.75) is 109 Å². The minimum Gasteiger partial charge on any atom is -0.204 e. The van der Waals surface area contributed by atoms with Gasteiger partial charge in [-0.25, -0.2) is 35.1 Å². The van der Waals surface area contributed by atoms with E-state index in [1.807, 2.05) is 6.92 Å². The van der Waals surface area contributed by atoms with Crippen LogP contribution in [0.1, 0.15) is 91.9 Å². The fraction of sp³-hybridized carbons (Fsp3) is 0.625. The first-order valence-corrected chi connectivity index (χ1v) is 16.5. The SMILES string of the molecule is CCCCCCC(F)(F)C(F)(F)C(F)(F)PCC(C)CCC(CC)CCC.Fc1ccc(-c2c(F)c(F)c(F)c(F)c2F)c(F)c1F. The Balaban J connectivity index is 0.000000488. The van der Waals surface area contributed by atoms with Crippen molar-refractivity contribution >= 4 is 8.58 Å². The van der Waals surface area contributed by atoms with Crippen LogP contribution in [0.25, 0.3) is 11.1 Å². The molecule has 0 nitrogen and oxygen atoms in total. The van der Waals surface area contributed by atoms with Gasteiger partial charge in [0.2, 0.25) is 5.82 Å². The highest BCUT2D eigenvalue weighted by Gasteiger charge is 2.70. The molecule has 0 aliphatic carbocycles. The zero-order valence-corrected chi connectivity index (χ0v) is 27.4. The zero-order chi connectivity index (χ0) is 36.3. The van der Waals surface area contributed by atoms with E-state index in [-0.39, 0.29) is 18.5 Å². The van der Waals surface area contributed by atoms with Crippen LogP contribution < -0.4 is 0 Å². The van der Waals surface area contributed by atoms with E-state index >= 15 is 0 Å². The van der Waals surface area contributed by atoms with Gasteiger partial charge in [-0.1, -0.05) is 79.1 Å². The van der Waals surface area contributed by atoms with Gasteiger partial charge in [-0.05, 0) is 45.1 Å². The minimum absolute atomic E-state index is 0.142. The monoisotopic (exact) mass is 720 g/mol. The Morgan fingerprint density at radius 3 is 1.68 bits per heavy atom. The standard InChI is InChI=1S/C20H37F6P.C12H2F8/c1-5-8-9-10-14-18(21,22)19(23,24)20(25,26)27-15-16(4)12-13-17(7-3)11-6-2;13-4-2-1-3(6(14)7(4)15)5-8(16)10(18)12(20)11(19)9(5)17/h16-17,27H,5-15H2,1-4H3;1-2H. The molecule has 0 N–H and O–H groups in total. The average Bonchev–Trinajstić information content (AvgIpc) is 3.02. The predicted molar refractivity (Wildman–Crippen MR) is 155 cm³/mol. The van der Waals surface area contributed by atoms with Crippen molar-refractivity contribution in [2.75, 3.05) is 6.16 Å². The molecule has 0 aromatic heterocycles. The number of rotatable bonds is 17. The molecule has 0 aliphatic rings. The Kier molecular flexibility index (Phi) is 17.0. The maximum atomic E-state index is 14.0. The summed E-state index contributed by atoms with van der Waals surface area (Å²) in [5.41, 5.74) is -7.61. The van der Waals surface area contributed by atoms with Gasteiger partial charge in [-0.2, -0.15) is 26.3 Å². The number of hydrogen-bond donors (Lipinski definition) is 0. The smallest absolute Gasteiger partial charge is 0.204 e. The summed E-state index contributed by atoms with van der Waals surface area (Å²) in [4.78, 5) is 0. The molecule has 0 saturated heterocycles. The van der Waals surface area contributed by atoms with Crippen LogP contribution >= 0.6 is 8.58 Å². The van der Waals surface area contributed by atoms with Crippen LogP contribution in [0, 0.1) is 58.4 Å². The Hall–Kier alpha value is -2.11. The van der Waals surface area contributed by atoms with E-state index in [1.165, 1.54) is 0 Å². The van der Waals surface area contributed by atoms with Gasteiger partial charge in [0.1, 0.15) is 0 Å². The molecule has 0 fully saturated rings. The van der Waals surface area contributed by atoms with Gasteiger partial charge >= 0.3 is 17.5 Å². The van der Waals surface area contributed by atoms with Crippen molar-refractivity contribution < 1.29 is 61.5 Å². The van der Waals surface area contributed by atoms with E-state index in [0.29, 0.717) is 37.3 Å². The summed E-state index contributed by atoms with van der Waals surface area (Å²) in [6, 6.07) is 0.665. The van der Waals surface area contributed by atoms with Gasteiger partial charge in [0.15, 0.2) is 40.7 Å². The lowest BCUT2D eigenvalue weighted by Crippen LogP contribution is -2.52. The number of unbranched alkanes of at least 4 members (excludes halogenated alkanes) is 3. The predicted octanol–water partition coefficient (Wildman–Crippen LogP) is 13.2. The first kappa shape index (κ1) is 42.9. The van der Waals surface area contributed by atoms with E-state index in [1.54, 1.807) is 6.92 Å². The highest BCUT2D eigenvalue weighted by molar-refractivity contribution is 7.39. The summed E-state index contributed by atoms with van der Waals surface area (Å²) < 4.78 is 188. The number of benzene rings is 2. The van der Waals surface area contributed by atoms with Crippen molar-refractivity contribution in [2.24, 2.45) is 11.8 Å². The Morgan fingerprint density at radius 1 is 0.617 bits per heavy atom. The summed E-state index contributed by atoms with van der Waals surface area (Å²) >= 11 is 0. The normalized spacial score (nSPS) is 14.0. The molecule has 0 aliphatic heterocycles. The van der Waals surface area contributed by atoms with E-state index in [0.717, 1.165) is 32.1 Å². The number of halogens is 14. The van der Waals surface area contributed by atoms with Crippen LogP contribution in [0.4, 0.5) is 61.5 Å². The molecule has 2 rings (SSSR count). The summed E-state index contributed by atoms with van der Waals surface area (Å²) in [6.07, 6.45) is 4.89. The Morgan fingerprint density at radius 2 is 1.17 bits per heavy atom. The van der Waals surface area contributed by atoms with Crippen LogP contribution in [-0.2, 0) is 0 Å². The molecule has 270 valence electrons. The lowest BCUT2D eigenvalue weighted by Gasteiger charge is -2.33. The molecule has 2 aromatic rings. The average molecular weight is 721 g/mol. The number of hydrogen-bond acceptors (Lipinski definition) is 0. The van der Waals surface area contributed by atoms with Crippen molar-refractivity contribution in [1.82, 2.24) is 0 Å². The van der Waals surface area contributed by atoms with Crippen LogP contribution in [0.5, 0.6) is 0 Å². The fourth-order valence-corrected chi connectivity index (χ4v) is 5.93. The molecule has 0 radical (unpaired) electrons. The van der Waals surface area contributed by atoms with Crippen LogP contribution in [0.3, 0.4) is 0 Å². The van der Waals surface area contributed by atoms with Crippen LogP contribution in [0.2, 0.25) is 0 Å². The van der Waals surface area contributed by atoms with Crippen LogP contribution in [-0.4, -0.2) is 23.7 Å². The number of alkyl halides is 6. The first-order chi connectivity index (χ1) is 21.7. The third-order valence-electron chi connectivity index (χ3n) is 7.73. The third kappa shape index (κ3) is 10.9. The minimum atomic E-state index is -5.29. The molecule has 0 heterocycles.